The number of rotatable bonds is 5. The molecule has 0 aliphatic rings. The van der Waals surface area contributed by atoms with Crippen molar-refractivity contribution < 1.29 is 0 Å². The maximum atomic E-state index is 4.51. The fraction of sp³-hybridized carbons (Fsp3) is 0.500. The number of aromatic nitrogens is 3. The number of nitrogens with one attached hydrogen (secondary N) is 1. The highest BCUT2D eigenvalue weighted by Crippen LogP contribution is 2.11. The van der Waals surface area contributed by atoms with E-state index in [4.69, 9.17) is 0 Å². The SMILES string of the molecule is CNCCCN(C)c1nc2cccc(C)n2n1. The van der Waals surface area contributed by atoms with E-state index < -0.39 is 0 Å². The van der Waals surface area contributed by atoms with E-state index in [1.807, 2.05) is 43.7 Å². The quantitative estimate of drug-likeness (QED) is 0.785. The van der Waals surface area contributed by atoms with Gasteiger partial charge in [-0.3, -0.25) is 0 Å². The molecule has 0 aliphatic carbocycles. The standard InChI is InChI=1S/C12H19N5/c1-10-6-4-7-11-14-12(15-17(10)11)16(3)9-5-8-13-2/h4,6-7,13H,5,8-9H2,1-3H3. The van der Waals surface area contributed by atoms with Gasteiger partial charge in [0.25, 0.3) is 0 Å². The van der Waals surface area contributed by atoms with Crippen LogP contribution >= 0.6 is 0 Å². The molecule has 0 fully saturated rings. The first-order valence-electron chi connectivity index (χ1n) is 5.90. The lowest BCUT2D eigenvalue weighted by Gasteiger charge is -2.13. The molecule has 0 aromatic carbocycles. The van der Waals surface area contributed by atoms with Crippen LogP contribution in [0.2, 0.25) is 0 Å². The van der Waals surface area contributed by atoms with Gasteiger partial charge in [0.05, 0.1) is 0 Å². The van der Waals surface area contributed by atoms with E-state index in [1.165, 1.54) is 0 Å². The van der Waals surface area contributed by atoms with E-state index in [1.54, 1.807) is 0 Å². The highest BCUT2D eigenvalue weighted by molar-refractivity contribution is 5.45. The highest BCUT2D eigenvalue weighted by atomic mass is 15.4. The van der Waals surface area contributed by atoms with Gasteiger partial charge in [-0.05, 0) is 39.1 Å². The molecule has 0 atom stereocenters. The number of aryl methyl sites for hydroxylation is 1. The van der Waals surface area contributed by atoms with Gasteiger partial charge in [-0.2, -0.15) is 4.98 Å². The number of nitrogens with zero attached hydrogens (tertiary/aromatic N) is 4. The molecule has 0 saturated carbocycles. The van der Waals surface area contributed by atoms with Gasteiger partial charge in [-0.1, -0.05) is 6.07 Å². The summed E-state index contributed by atoms with van der Waals surface area (Å²) in [7, 11) is 3.99. The van der Waals surface area contributed by atoms with Crippen LogP contribution in [0.4, 0.5) is 5.95 Å². The molecular formula is C12H19N5. The second kappa shape index (κ2) is 5.14. The van der Waals surface area contributed by atoms with Gasteiger partial charge < -0.3 is 10.2 Å². The van der Waals surface area contributed by atoms with Gasteiger partial charge in [0, 0.05) is 19.3 Å². The van der Waals surface area contributed by atoms with Crippen LogP contribution in [0.3, 0.4) is 0 Å². The van der Waals surface area contributed by atoms with E-state index >= 15 is 0 Å². The number of anilines is 1. The molecule has 2 heterocycles. The van der Waals surface area contributed by atoms with E-state index in [-0.39, 0.29) is 0 Å². The fourth-order valence-corrected chi connectivity index (χ4v) is 1.78. The van der Waals surface area contributed by atoms with Crippen LogP contribution < -0.4 is 10.2 Å². The largest absolute Gasteiger partial charge is 0.343 e. The van der Waals surface area contributed by atoms with Crippen LogP contribution in [0.25, 0.3) is 5.65 Å². The number of pyridine rings is 1. The Bertz CT molecular complexity index is 491. The Morgan fingerprint density at radius 3 is 2.94 bits per heavy atom. The molecule has 2 aromatic rings. The summed E-state index contributed by atoms with van der Waals surface area (Å²) in [5, 5.41) is 7.64. The van der Waals surface area contributed by atoms with Gasteiger partial charge in [0.1, 0.15) is 0 Å². The minimum absolute atomic E-state index is 0.787. The molecule has 0 amide bonds. The van der Waals surface area contributed by atoms with Crippen molar-refractivity contribution in [2.45, 2.75) is 13.3 Å². The third-order valence-corrected chi connectivity index (χ3v) is 2.80. The first kappa shape index (κ1) is 11.9. The second-order valence-electron chi connectivity index (χ2n) is 4.23. The summed E-state index contributed by atoms with van der Waals surface area (Å²) >= 11 is 0. The molecule has 0 bridgehead atoms. The molecule has 0 saturated heterocycles. The average molecular weight is 233 g/mol. The molecule has 92 valence electrons. The topological polar surface area (TPSA) is 45.5 Å². The van der Waals surface area contributed by atoms with E-state index in [9.17, 15) is 0 Å². The summed E-state index contributed by atoms with van der Waals surface area (Å²) in [4.78, 5) is 6.60. The Morgan fingerprint density at radius 2 is 2.24 bits per heavy atom. The lowest BCUT2D eigenvalue weighted by Crippen LogP contribution is -2.23. The molecule has 0 unspecified atom stereocenters. The van der Waals surface area contributed by atoms with Gasteiger partial charge in [0.2, 0.25) is 5.95 Å². The number of hydrogen-bond acceptors (Lipinski definition) is 4. The maximum absolute atomic E-state index is 4.51. The Balaban J connectivity index is 2.16. The van der Waals surface area contributed by atoms with Crippen molar-refractivity contribution in [1.82, 2.24) is 19.9 Å². The lowest BCUT2D eigenvalue weighted by molar-refractivity contribution is 0.703. The molecule has 17 heavy (non-hydrogen) atoms. The predicted molar refractivity (Wildman–Crippen MR) is 69.5 cm³/mol. The molecule has 1 N–H and O–H groups in total. The predicted octanol–water partition coefficient (Wildman–Crippen LogP) is 1.08. The summed E-state index contributed by atoms with van der Waals surface area (Å²) in [5.41, 5.74) is 2.00. The van der Waals surface area contributed by atoms with E-state index in [0.29, 0.717) is 0 Å². The molecule has 0 aliphatic heterocycles. The molecule has 2 rings (SSSR count). The molecule has 2 aromatic heterocycles. The van der Waals surface area contributed by atoms with Crippen molar-refractivity contribution in [3.8, 4) is 0 Å². The van der Waals surface area contributed by atoms with Crippen molar-refractivity contribution in [2.75, 3.05) is 32.1 Å². The second-order valence-corrected chi connectivity index (χ2v) is 4.23. The third-order valence-electron chi connectivity index (χ3n) is 2.80. The smallest absolute Gasteiger partial charge is 0.245 e. The monoisotopic (exact) mass is 233 g/mol. The normalized spacial score (nSPS) is 11.0. The Kier molecular flexibility index (Phi) is 3.58. The van der Waals surface area contributed by atoms with Crippen LogP contribution in [0.15, 0.2) is 18.2 Å². The highest BCUT2D eigenvalue weighted by Gasteiger charge is 2.08. The number of fused-ring (bicyclic) bond motifs is 1. The van der Waals surface area contributed by atoms with Gasteiger partial charge in [-0.15, -0.1) is 5.10 Å². The van der Waals surface area contributed by atoms with Crippen LogP contribution in [0.5, 0.6) is 0 Å². The summed E-state index contributed by atoms with van der Waals surface area (Å²) in [6.45, 7) is 4.00. The zero-order valence-corrected chi connectivity index (χ0v) is 10.6. The third kappa shape index (κ3) is 2.55. The van der Waals surface area contributed by atoms with Gasteiger partial charge >= 0.3 is 0 Å². The van der Waals surface area contributed by atoms with Crippen molar-refractivity contribution in [3.63, 3.8) is 0 Å². The molecule has 0 spiro atoms. The average Bonchev–Trinajstić information content (AvgIpc) is 2.75. The minimum Gasteiger partial charge on any atom is -0.343 e. The van der Waals surface area contributed by atoms with Crippen LogP contribution in [0.1, 0.15) is 12.1 Å². The Morgan fingerprint density at radius 1 is 1.41 bits per heavy atom. The van der Waals surface area contributed by atoms with Crippen molar-refractivity contribution in [2.24, 2.45) is 0 Å². The van der Waals surface area contributed by atoms with Crippen LogP contribution in [0, 0.1) is 6.92 Å². The number of hydrogen-bond donors (Lipinski definition) is 1. The Hall–Kier alpha value is -1.62. The first-order chi connectivity index (χ1) is 8.22. The van der Waals surface area contributed by atoms with Gasteiger partial charge in [0.15, 0.2) is 5.65 Å². The Labute approximate surface area is 101 Å². The van der Waals surface area contributed by atoms with Crippen LogP contribution in [-0.4, -0.2) is 41.8 Å². The summed E-state index contributed by atoms with van der Waals surface area (Å²) in [5.74, 6) is 0.787. The fourth-order valence-electron chi connectivity index (χ4n) is 1.78. The summed E-state index contributed by atoms with van der Waals surface area (Å²) in [6, 6.07) is 6.02. The molecular weight excluding hydrogens is 214 g/mol. The zero-order valence-electron chi connectivity index (χ0n) is 10.6. The van der Waals surface area contributed by atoms with E-state index in [2.05, 4.69) is 20.3 Å². The first-order valence-corrected chi connectivity index (χ1v) is 5.90. The van der Waals surface area contributed by atoms with Crippen molar-refractivity contribution >= 4 is 11.6 Å². The molecule has 0 radical (unpaired) electrons. The van der Waals surface area contributed by atoms with Crippen LogP contribution in [-0.2, 0) is 0 Å². The lowest BCUT2D eigenvalue weighted by atomic mass is 10.4. The van der Waals surface area contributed by atoms with Crippen molar-refractivity contribution in [1.29, 1.82) is 0 Å². The maximum Gasteiger partial charge on any atom is 0.245 e. The molecule has 5 heteroatoms. The zero-order chi connectivity index (χ0) is 12.3. The molecule has 5 nitrogen and oxygen atoms in total. The summed E-state index contributed by atoms with van der Waals surface area (Å²) in [6.07, 6.45) is 1.08. The van der Waals surface area contributed by atoms with E-state index in [0.717, 1.165) is 36.8 Å². The van der Waals surface area contributed by atoms with Crippen molar-refractivity contribution in [3.05, 3.63) is 23.9 Å². The minimum atomic E-state index is 0.787. The van der Waals surface area contributed by atoms with Gasteiger partial charge in [-0.25, -0.2) is 4.52 Å². The summed E-state index contributed by atoms with van der Waals surface area (Å²) < 4.78 is 1.88.